The molecule has 5 nitrogen and oxygen atoms in total. The van der Waals surface area contributed by atoms with Crippen LogP contribution in [0.25, 0.3) is 0 Å². The van der Waals surface area contributed by atoms with E-state index in [-0.39, 0.29) is 25.2 Å². The molecule has 0 aliphatic heterocycles. The second-order valence-corrected chi connectivity index (χ2v) is 6.33. The number of aryl methyl sites for hydroxylation is 2. The Morgan fingerprint density at radius 1 is 0.889 bits per heavy atom. The number of carbonyl (C=O) groups is 2. The molecule has 0 heterocycles. The van der Waals surface area contributed by atoms with E-state index in [0.717, 1.165) is 18.4 Å². The van der Waals surface area contributed by atoms with Gasteiger partial charge in [-0.05, 0) is 48.6 Å². The molecular formula is C22H27NO4. The first-order valence-corrected chi connectivity index (χ1v) is 9.27. The van der Waals surface area contributed by atoms with Gasteiger partial charge in [-0.1, -0.05) is 50.2 Å². The zero-order chi connectivity index (χ0) is 19.6. The highest BCUT2D eigenvalue weighted by Gasteiger charge is 2.12. The Balaban J connectivity index is 1.71. The molecule has 2 aromatic carbocycles. The molecule has 1 unspecified atom stereocenters. The Bertz CT molecular complexity index is 738. The van der Waals surface area contributed by atoms with E-state index in [1.807, 2.05) is 55.5 Å². The molecule has 1 amide bonds. The molecule has 0 bridgehead atoms. The summed E-state index contributed by atoms with van der Waals surface area (Å²) in [6.07, 6.45) is 1.92. The highest BCUT2D eigenvalue weighted by atomic mass is 16.6. The van der Waals surface area contributed by atoms with E-state index in [0.29, 0.717) is 5.75 Å². The van der Waals surface area contributed by atoms with Crippen LogP contribution < -0.4 is 10.1 Å². The van der Waals surface area contributed by atoms with Crippen molar-refractivity contribution >= 4 is 11.9 Å². The zero-order valence-electron chi connectivity index (χ0n) is 16.2. The molecule has 2 rings (SSSR count). The number of benzene rings is 2. The Labute approximate surface area is 160 Å². The molecule has 0 saturated carbocycles. The van der Waals surface area contributed by atoms with Gasteiger partial charge in [0.1, 0.15) is 5.75 Å². The lowest BCUT2D eigenvalue weighted by atomic mass is 10.1. The molecule has 0 aromatic heterocycles. The molecule has 0 spiro atoms. The Hall–Kier alpha value is -2.82. The molecular weight excluding hydrogens is 342 g/mol. The van der Waals surface area contributed by atoms with Gasteiger partial charge < -0.3 is 14.8 Å². The van der Waals surface area contributed by atoms with Crippen molar-refractivity contribution in [2.24, 2.45) is 0 Å². The van der Waals surface area contributed by atoms with Crippen molar-refractivity contribution in [3.63, 3.8) is 0 Å². The van der Waals surface area contributed by atoms with Crippen LogP contribution >= 0.6 is 0 Å². The summed E-state index contributed by atoms with van der Waals surface area (Å²) < 4.78 is 10.3. The van der Waals surface area contributed by atoms with Crippen LogP contribution in [-0.4, -0.2) is 25.1 Å². The van der Waals surface area contributed by atoms with E-state index in [4.69, 9.17) is 9.47 Å². The molecule has 27 heavy (non-hydrogen) atoms. The zero-order valence-corrected chi connectivity index (χ0v) is 16.2. The molecule has 0 aliphatic carbocycles. The summed E-state index contributed by atoms with van der Waals surface area (Å²) >= 11 is 0. The highest BCUT2D eigenvalue weighted by Crippen LogP contribution is 2.14. The lowest BCUT2D eigenvalue weighted by molar-refractivity contribution is -0.150. The maximum Gasteiger partial charge on any atom is 0.344 e. The topological polar surface area (TPSA) is 64.6 Å². The van der Waals surface area contributed by atoms with Gasteiger partial charge >= 0.3 is 5.97 Å². The number of hydrogen-bond donors (Lipinski definition) is 1. The van der Waals surface area contributed by atoms with Crippen molar-refractivity contribution < 1.29 is 19.1 Å². The van der Waals surface area contributed by atoms with Crippen molar-refractivity contribution in [2.45, 2.75) is 39.7 Å². The minimum Gasteiger partial charge on any atom is -0.482 e. The predicted octanol–water partition coefficient (Wildman–Crippen LogP) is 3.61. The lowest BCUT2D eigenvalue weighted by Crippen LogP contribution is -2.31. The van der Waals surface area contributed by atoms with Crippen molar-refractivity contribution in [1.82, 2.24) is 5.32 Å². The smallest absolute Gasteiger partial charge is 0.344 e. The second-order valence-electron chi connectivity index (χ2n) is 6.33. The first-order chi connectivity index (χ1) is 13.0. The van der Waals surface area contributed by atoms with Crippen LogP contribution in [0.1, 0.15) is 43.5 Å². The number of rotatable bonds is 9. The van der Waals surface area contributed by atoms with Crippen molar-refractivity contribution in [3.8, 4) is 5.75 Å². The maximum absolute atomic E-state index is 12.0. The fourth-order valence-corrected chi connectivity index (χ4v) is 2.56. The summed E-state index contributed by atoms with van der Waals surface area (Å²) in [7, 11) is 0. The van der Waals surface area contributed by atoms with E-state index < -0.39 is 5.97 Å². The van der Waals surface area contributed by atoms with Gasteiger partial charge in [-0.2, -0.15) is 0 Å². The second kappa shape index (κ2) is 10.4. The number of hydrogen-bond acceptors (Lipinski definition) is 4. The number of esters is 1. The van der Waals surface area contributed by atoms with E-state index in [9.17, 15) is 9.59 Å². The number of nitrogens with one attached hydrogen (secondary N) is 1. The molecule has 1 N–H and O–H groups in total. The fourth-order valence-electron chi connectivity index (χ4n) is 2.56. The summed E-state index contributed by atoms with van der Waals surface area (Å²) in [5.74, 6) is -0.329. The minimum atomic E-state index is -0.579. The molecule has 0 fully saturated rings. The number of carbonyl (C=O) groups excluding carboxylic acids is 2. The molecule has 5 heteroatoms. The first kappa shape index (κ1) is 20.5. The van der Waals surface area contributed by atoms with Crippen LogP contribution in [0.5, 0.6) is 5.75 Å². The van der Waals surface area contributed by atoms with Gasteiger partial charge in [0.05, 0.1) is 6.04 Å². The Morgan fingerprint density at radius 3 is 2.00 bits per heavy atom. The fraction of sp³-hybridized carbons (Fsp3) is 0.364. The number of ether oxygens (including phenoxy) is 2. The van der Waals surface area contributed by atoms with Crippen molar-refractivity contribution in [2.75, 3.05) is 13.2 Å². The summed E-state index contributed by atoms with van der Waals surface area (Å²) in [6, 6.07) is 15.4. The standard InChI is InChI=1S/C22H27NO4/c1-4-17-6-10-19(11-7-17)16(3)23-21(24)14-27-22(25)15-26-20-12-8-18(5-2)9-13-20/h6-13,16H,4-5,14-15H2,1-3H3,(H,23,24). The first-order valence-electron chi connectivity index (χ1n) is 9.27. The Kier molecular flexibility index (Phi) is 7.86. The highest BCUT2D eigenvalue weighted by molar-refractivity contribution is 5.81. The van der Waals surface area contributed by atoms with Gasteiger partial charge in [-0.25, -0.2) is 4.79 Å². The van der Waals surface area contributed by atoms with Gasteiger partial charge in [-0.15, -0.1) is 0 Å². The van der Waals surface area contributed by atoms with Gasteiger partial charge in [0.2, 0.25) is 0 Å². The average Bonchev–Trinajstić information content (AvgIpc) is 2.71. The van der Waals surface area contributed by atoms with Crippen LogP contribution in [0, 0.1) is 0 Å². The molecule has 0 aliphatic rings. The third-order valence-corrected chi connectivity index (χ3v) is 4.32. The van der Waals surface area contributed by atoms with E-state index in [1.54, 1.807) is 0 Å². The van der Waals surface area contributed by atoms with Gasteiger partial charge in [-0.3, -0.25) is 4.79 Å². The molecule has 0 saturated heterocycles. The minimum absolute atomic E-state index is 0.157. The summed E-state index contributed by atoms with van der Waals surface area (Å²) in [4.78, 5) is 23.7. The average molecular weight is 369 g/mol. The third-order valence-electron chi connectivity index (χ3n) is 4.32. The maximum atomic E-state index is 12.0. The molecule has 0 radical (unpaired) electrons. The largest absolute Gasteiger partial charge is 0.482 e. The van der Waals surface area contributed by atoms with Crippen molar-refractivity contribution in [3.05, 3.63) is 65.2 Å². The van der Waals surface area contributed by atoms with Crippen LogP contribution in [-0.2, 0) is 27.2 Å². The summed E-state index contributed by atoms with van der Waals surface area (Å²) in [6.45, 7) is 5.50. The molecule has 1 atom stereocenters. The number of amides is 1. The lowest BCUT2D eigenvalue weighted by Gasteiger charge is -2.15. The quantitative estimate of drug-likeness (QED) is 0.686. The monoisotopic (exact) mass is 369 g/mol. The van der Waals surface area contributed by atoms with Crippen LogP contribution in [0.4, 0.5) is 0 Å². The molecule has 144 valence electrons. The normalized spacial score (nSPS) is 11.5. The van der Waals surface area contributed by atoms with Gasteiger partial charge in [0, 0.05) is 0 Å². The van der Waals surface area contributed by atoms with Gasteiger partial charge in [0.25, 0.3) is 5.91 Å². The van der Waals surface area contributed by atoms with E-state index >= 15 is 0 Å². The van der Waals surface area contributed by atoms with Crippen LogP contribution in [0.3, 0.4) is 0 Å². The molecule has 2 aromatic rings. The van der Waals surface area contributed by atoms with E-state index in [1.165, 1.54) is 11.1 Å². The van der Waals surface area contributed by atoms with Crippen LogP contribution in [0.15, 0.2) is 48.5 Å². The summed E-state index contributed by atoms with van der Waals surface area (Å²) in [5.41, 5.74) is 3.45. The van der Waals surface area contributed by atoms with Gasteiger partial charge in [0.15, 0.2) is 13.2 Å². The predicted molar refractivity (Wildman–Crippen MR) is 105 cm³/mol. The van der Waals surface area contributed by atoms with E-state index in [2.05, 4.69) is 19.2 Å². The van der Waals surface area contributed by atoms with Crippen LogP contribution in [0.2, 0.25) is 0 Å². The Morgan fingerprint density at radius 2 is 1.44 bits per heavy atom. The summed E-state index contributed by atoms with van der Waals surface area (Å²) in [5, 5.41) is 2.82. The SMILES string of the molecule is CCc1ccc(OCC(=O)OCC(=O)NC(C)c2ccc(CC)cc2)cc1. The van der Waals surface area contributed by atoms with Crippen molar-refractivity contribution in [1.29, 1.82) is 0 Å². The third kappa shape index (κ3) is 6.77.